The Morgan fingerprint density at radius 1 is 1.15 bits per heavy atom. The van der Waals surface area contributed by atoms with Crippen LogP contribution in [0.3, 0.4) is 0 Å². The number of hydrogen-bond acceptors (Lipinski definition) is 6. The van der Waals surface area contributed by atoms with Crippen molar-refractivity contribution in [3.05, 3.63) is 53.6 Å². The van der Waals surface area contributed by atoms with Gasteiger partial charge in [0.05, 0.1) is 11.7 Å². The van der Waals surface area contributed by atoms with Gasteiger partial charge in [-0.1, -0.05) is 30.3 Å². The number of sulfonamides is 1. The van der Waals surface area contributed by atoms with Crippen LogP contribution in [-0.4, -0.2) is 40.5 Å². The number of carbonyl (C=O) groups excluding carboxylic acids is 1. The van der Waals surface area contributed by atoms with Crippen molar-refractivity contribution in [3.63, 3.8) is 0 Å². The number of amides is 1. The Bertz CT molecular complexity index is 1090. The topological polar surface area (TPSA) is 92.3 Å². The SMILES string of the molecule is CNC(=O)C1Cc2ccccc2CN1S(=O)(=O)c1cccc2nsnc12. The molecular formula is C17H16N4O3S2. The molecule has 1 amide bonds. The molecule has 1 aromatic heterocycles. The molecule has 9 heteroatoms. The number of likely N-dealkylation sites (N-methyl/N-ethyl adjacent to an activating group) is 1. The molecule has 7 nitrogen and oxygen atoms in total. The van der Waals surface area contributed by atoms with Crippen LogP contribution in [0.4, 0.5) is 0 Å². The van der Waals surface area contributed by atoms with Crippen LogP contribution in [0.15, 0.2) is 47.4 Å². The molecule has 0 saturated carbocycles. The summed E-state index contributed by atoms with van der Waals surface area (Å²) >= 11 is 0.968. The molecule has 2 heterocycles. The van der Waals surface area contributed by atoms with Crippen LogP contribution in [0.25, 0.3) is 11.0 Å². The molecule has 1 aliphatic heterocycles. The molecule has 1 aliphatic rings. The van der Waals surface area contributed by atoms with E-state index >= 15 is 0 Å². The van der Waals surface area contributed by atoms with E-state index in [1.807, 2.05) is 24.3 Å². The first kappa shape index (κ1) is 17.1. The minimum absolute atomic E-state index is 0.0806. The zero-order valence-electron chi connectivity index (χ0n) is 13.9. The molecule has 134 valence electrons. The monoisotopic (exact) mass is 388 g/mol. The van der Waals surface area contributed by atoms with Crippen LogP contribution in [0.5, 0.6) is 0 Å². The standard InChI is InChI=1S/C17H16N4O3S2/c1-18-17(22)14-9-11-5-2-3-6-12(11)10-21(14)26(23,24)15-8-4-7-13-16(15)20-25-19-13/h2-8,14H,9-10H2,1H3,(H,18,22). The van der Waals surface area contributed by atoms with Crippen molar-refractivity contribution in [3.8, 4) is 0 Å². The van der Waals surface area contributed by atoms with Crippen molar-refractivity contribution < 1.29 is 13.2 Å². The van der Waals surface area contributed by atoms with E-state index in [4.69, 9.17) is 0 Å². The van der Waals surface area contributed by atoms with E-state index < -0.39 is 16.1 Å². The minimum Gasteiger partial charge on any atom is -0.358 e. The molecule has 0 spiro atoms. The average Bonchev–Trinajstić information content (AvgIpc) is 3.15. The lowest BCUT2D eigenvalue weighted by Gasteiger charge is -2.34. The molecule has 0 fully saturated rings. The van der Waals surface area contributed by atoms with Crippen molar-refractivity contribution in [2.45, 2.75) is 23.9 Å². The Morgan fingerprint density at radius 2 is 1.92 bits per heavy atom. The molecule has 0 radical (unpaired) electrons. The van der Waals surface area contributed by atoms with E-state index in [0.29, 0.717) is 17.5 Å². The summed E-state index contributed by atoms with van der Waals surface area (Å²) in [7, 11) is -2.42. The molecule has 3 aromatic rings. The molecule has 1 atom stereocenters. The number of nitrogens with zero attached hydrogens (tertiary/aromatic N) is 3. The van der Waals surface area contributed by atoms with Crippen LogP contribution < -0.4 is 5.32 Å². The molecule has 1 N–H and O–H groups in total. The number of benzene rings is 2. The summed E-state index contributed by atoms with van der Waals surface area (Å²) < 4.78 is 36.4. The van der Waals surface area contributed by atoms with Crippen LogP contribution in [0.1, 0.15) is 11.1 Å². The molecule has 1 unspecified atom stereocenters. The third-order valence-electron chi connectivity index (χ3n) is 4.59. The average molecular weight is 388 g/mol. The smallest absolute Gasteiger partial charge is 0.246 e. The highest BCUT2D eigenvalue weighted by Gasteiger charge is 2.40. The Balaban J connectivity index is 1.85. The Kier molecular flexibility index (Phi) is 4.22. The summed E-state index contributed by atoms with van der Waals surface area (Å²) in [5.41, 5.74) is 2.76. The maximum Gasteiger partial charge on any atom is 0.246 e. The van der Waals surface area contributed by atoms with Gasteiger partial charge in [0.2, 0.25) is 15.9 Å². The highest BCUT2D eigenvalue weighted by atomic mass is 32.2. The van der Waals surface area contributed by atoms with E-state index in [9.17, 15) is 13.2 Å². The van der Waals surface area contributed by atoms with Gasteiger partial charge in [0.25, 0.3) is 0 Å². The van der Waals surface area contributed by atoms with Gasteiger partial charge in [0.15, 0.2) is 0 Å². The number of carbonyl (C=O) groups is 1. The second-order valence-corrected chi connectivity index (χ2v) is 8.43. The lowest BCUT2D eigenvalue weighted by Crippen LogP contribution is -2.51. The normalized spacial score (nSPS) is 17.8. The van der Waals surface area contributed by atoms with E-state index in [2.05, 4.69) is 14.1 Å². The fourth-order valence-corrected chi connectivity index (χ4v) is 5.58. The predicted molar refractivity (Wildman–Crippen MR) is 98.1 cm³/mol. The van der Waals surface area contributed by atoms with Gasteiger partial charge in [0, 0.05) is 13.6 Å². The van der Waals surface area contributed by atoms with Gasteiger partial charge in [-0.2, -0.15) is 13.1 Å². The third-order valence-corrected chi connectivity index (χ3v) is 7.02. The van der Waals surface area contributed by atoms with Gasteiger partial charge in [-0.15, -0.1) is 0 Å². The number of nitrogens with one attached hydrogen (secondary N) is 1. The summed E-state index contributed by atoms with van der Waals surface area (Å²) in [5, 5.41) is 2.58. The summed E-state index contributed by atoms with van der Waals surface area (Å²) in [6, 6.07) is 11.7. The predicted octanol–water partition coefficient (Wildman–Crippen LogP) is 1.55. The third kappa shape index (κ3) is 2.68. The quantitative estimate of drug-likeness (QED) is 0.735. The Hall–Kier alpha value is -2.36. The summed E-state index contributed by atoms with van der Waals surface area (Å²) in [6.45, 7) is 0.143. The van der Waals surface area contributed by atoms with E-state index in [0.717, 1.165) is 22.9 Å². The molecule has 0 bridgehead atoms. The second-order valence-electron chi connectivity index (χ2n) is 6.04. The zero-order chi connectivity index (χ0) is 18.3. The Morgan fingerprint density at radius 3 is 2.69 bits per heavy atom. The molecule has 0 aliphatic carbocycles. The molecule has 2 aromatic carbocycles. The van der Waals surface area contributed by atoms with E-state index in [-0.39, 0.29) is 17.3 Å². The number of rotatable bonds is 3. The maximum atomic E-state index is 13.4. The van der Waals surface area contributed by atoms with Gasteiger partial charge in [0.1, 0.15) is 22.0 Å². The number of hydrogen-bond donors (Lipinski definition) is 1. The van der Waals surface area contributed by atoms with Gasteiger partial charge in [-0.3, -0.25) is 4.79 Å². The lowest BCUT2D eigenvalue weighted by atomic mass is 9.95. The Labute approximate surface area is 155 Å². The largest absolute Gasteiger partial charge is 0.358 e. The van der Waals surface area contributed by atoms with Gasteiger partial charge in [-0.05, 0) is 29.7 Å². The maximum absolute atomic E-state index is 13.4. The summed E-state index contributed by atoms with van der Waals surface area (Å²) in [5.74, 6) is -0.327. The lowest BCUT2D eigenvalue weighted by molar-refractivity contribution is -0.124. The number of aromatic nitrogens is 2. The van der Waals surface area contributed by atoms with Crippen LogP contribution in [0.2, 0.25) is 0 Å². The van der Waals surface area contributed by atoms with Crippen molar-refractivity contribution in [2.75, 3.05) is 7.05 Å². The fraction of sp³-hybridized carbons (Fsp3) is 0.235. The summed E-state index contributed by atoms with van der Waals surface area (Å²) in [4.78, 5) is 12.5. The highest BCUT2D eigenvalue weighted by Crippen LogP contribution is 2.31. The van der Waals surface area contributed by atoms with Gasteiger partial charge in [-0.25, -0.2) is 8.42 Å². The van der Waals surface area contributed by atoms with Crippen LogP contribution >= 0.6 is 11.7 Å². The van der Waals surface area contributed by atoms with Crippen molar-refractivity contribution in [1.82, 2.24) is 18.4 Å². The van der Waals surface area contributed by atoms with E-state index in [1.54, 1.807) is 12.1 Å². The first-order chi connectivity index (χ1) is 12.5. The first-order valence-electron chi connectivity index (χ1n) is 8.04. The molecule has 4 rings (SSSR count). The van der Waals surface area contributed by atoms with Crippen molar-refractivity contribution >= 4 is 38.7 Å². The highest BCUT2D eigenvalue weighted by molar-refractivity contribution is 7.89. The molecule has 0 saturated heterocycles. The van der Waals surface area contributed by atoms with Crippen molar-refractivity contribution in [2.24, 2.45) is 0 Å². The zero-order valence-corrected chi connectivity index (χ0v) is 15.5. The first-order valence-corrected chi connectivity index (χ1v) is 10.2. The molecular weight excluding hydrogens is 372 g/mol. The van der Waals surface area contributed by atoms with Crippen molar-refractivity contribution in [1.29, 1.82) is 0 Å². The van der Waals surface area contributed by atoms with E-state index in [1.165, 1.54) is 17.4 Å². The second kappa shape index (κ2) is 6.42. The fourth-order valence-electron chi connectivity index (χ4n) is 3.26. The summed E-state index contributed by atoms with van der Waals surface area (Å²) in [6.07, 6.45) is 0.334. The van der Waals surface area contributed by atoms with Crippen LogP contribution in [-0.2, 0) is 27.8 Å². The van der Waals surface area contributed by atoms with Gasteiger partial charge < -0.3 is 5.32 Å². The molecule has 26 heavy (non-hydrogen) atoms. The van der Waals surface area contributed by atoms with Crippen LogP contribution in [0, 0.1) is 0 Å². The number of fused-ring (bicyclic) bond motifs is 2. The minimum atomic E-state index is -3.93. The van der Waals surface area contributed by atoms with Gasteiger partial charge >= 0.3 is 0 Å².